The van der Waals surface area contributed by atoms with Crippen molar-refractivity contribution in [3.8, 4) is 11.4 Å². The average molecular weight is 321 g/mol. The third kappa shape index (κ3) is 4.35. The summed E-state index contributed by atoms with van der Waals surface area (Å²) < 4.78 is 18.7. The van der Waals surface area contributed by atoms with Crippen molar-refractivity contribution in [2.75, 3.05) is 19.7 Å². The maximum absolute atomic E-state index is 13.6. The highest BCUT2D eigenvalue weighted by Crippen LogP contribution is 2.19. The first-order chi connectivity index (χ1) is 11.0. The van der Waals surface area contributed by atoms with Crippen LogP contribution in [0, 0.1) is 12.7 Å². The fourth-order valence-corrected chi connectivity index (χ4v) is 2.16. The second-order valence-electron chi connectivity index (χ2n) is 5.17. The monoisotopic (exact) mass is 321 g/mol. The topological polar surface area (TPSA) is 79.5 Å². The minimum atomic E-state index is -0.327. The van der Waals surface area contributed by atoms with Gasteiger partial charge in [0.2, 0.25) is 17.6 Å². The van der Waals surface area contributed by atoms with Crippen LogP contribution >= 0.6 is 0 Å². The highest BCUT2D eigenvalue weighted by atomic mass is 19.1. The minimum Gasteiger partial charge on any atom is -0.395 e. The van der Waals surface area contributed by atoms with Crippen molar-refractivity contribution in [2.45, 2.75) is 26.7 Å². The normalized spacial score (nSPS) is 10.8. The second kappa shape index (κ2) is 7.82. The number of carbonyl (C=O) groups is 1. The Morgan fingerprint density at radius 2 is 2.22 bits per heavy atom. The lowest BCUT2D eigenvalue weighted by molar-refractivity contribution is -0.131. The predicted molar refractivity (Wildman–Crippen MR) is 82.1 cm³/mol. The molecule has 6 nitrogen and oxygen atoms in total. The van der Waals surface area contributed by atoms with E-state index in [1.54, 1.807) is 24.0 Å². The highest BCUT2D eigenvalue weighted by molar-refractivity contribution is 5.76. The van der Waals surface area contributed by atoms with Crippen LogP contribution in [0.25, 0.3) is 11.4 Å². The second-order valence-corrected chi connectivity index (χ2v) is 5.17. The number of benzene rings is 1. The van der Waals surface area contributed by atoms with E-state index < -0.39 is 0 Å². The molecule has 124 valence electrons. The summed E-state index contributed by atoms with van der Waals surface area (Å²) in [5.41, 5.74) is 1.08. The van der Waals surface area contributed by atoms with Crippen molar-refractivity contribution < 1.29 is 18.8 Å². The van der Waals surface area contributed by atoms with Crippen molar-refractivity contribution in [3.63, 3.8) is 0 Å². The van der Waals surface area contributed by atoms with E-state index in [0.717, 1.165) is 0 Å². The van der Waals surface area contributed by atoms with Gasteiger partial charge in [0, 0.05) is 31.5 Å². The molecule has 0 saturated carbocycles. The molecule has 1 aromatic heterocycles. The van der Waals surface area contributed by atoms with Gasteiger partial charge in [-0.25, -0.2) is 4.39 Å². The number of carbonyl (C=O) groups excluding carboxylic acids is 1. The summed E-state index contributed by atoms with van der Waals surface area (Å²) in [6, 6.07) is 4.73. The number of aliphatic hydroxyl groups excluding tert-OH is 1. The number of hydrogen-bond acceptors (Lipinski definition) is 5. The van der Waals surface area contributed by atoms with Gasteiger partial charge in [0.25, 0.3) is 0 Å². The Labute approximate surface area is 133 Å². The highest BCUT2D eigenvalue weighted by Gasteiger charge is 2.15. The lowest BCUT2D eigenvalue weighted by Crippen LogP contribution is -2.33. The summed E-state index contributed by atoms with van der Waals surface area (Å²) in [4.78, 5) is 17.7. The fraction of sp³-hybridized carbons (Fsp3) is 0.438. The summed E-state index contributed by atoms with van der Waals surface area (Å²) in [7, 11) is 0. The molecule has 23 heavy (non-hydrogen) atoms. The Bertz CT molecular complexity index is 672. The third-order valence-corrected chi connectivity index (χ3v) is 3.56. The molecule has 0 aliphatic carbocycles. The molecule has 1 heterocycles. The SMILES string of the molecule is CCN(CCO)C(=O)CCc1nc(-c2ccc(C)c(F)c2)no1. The summed E-state index contributed by atoms with van der Waals surface area (Å²) in [5, 5.41) is 12.7. The van der Waals surface area contributed by atoms with Crippen LogP contribution in [0.5, 0.6) is 0 Å². The molecule has 0 spiro atoms. The molecule has 0 unspecified atom stereocenters. The van der Waals surface area contributed by atoms with Gasteiger partial charge in [-0.15, -0.1) is 0 Å². The zero-order valence-electron chi connectivity index (χ0n) is 13.3. The standard InChI is InChI=1S/C16H20FN3O3/c1-3-20(8-9-21)15(22)7-6-14-18-16(19-23-14)12-5-4-11(2)13(17)10-12/h4-5,10,21H,3,6-9H2,1-2H3. The maximum atomic E-state index is 13.6. The van der Waals surface area contributed by atoms with E-state index >= 15 is 0 Å². The van der Waals surface area contributed by atoms with Crippen LogP contribution in [0.1, 0.15) is 24.8 Å². The van der Waals surface area contributed by atoms with E-state index in [1.165, 1.54) is 6.07 Å². The molecule has 1 N–H and O–H groups in total. The quantitative estimate of drug-likeness (QED) is 0.843. The maximum Gasteiger partial charge on any atom is 0.227 e. The van der Waals surface area contributed by atoms with E-state index in [9.17, 15) is 9.18 Å². The van der Waals surface area contributed by atoms with E-state index in [0.29, 0.717) is 42.4 Å². The molecule has 1 amide bonds. The molecule has 0 aliphatic rings. The van der Waals surface area contributed by atoms with Crippen LogP contribution in [-0.2, 0) is 11.2 Å². The number of likely N-dealkylation sites (N-methyl/N-ethyl adjacent to an activating group) is 1. The van der Waals surface area contributed by atoms with Gasteiger partial charge in [0.15, 0.2) is 0 Å². The molecule has 0 fully saturated rings. The molecule has 7 heteroatoms. The zero-order valence-corrected chi connectivity index (χ0v) is 13.3. The van der Waals surface area contributed by atoms with Crippen molar-refractivity contribution in [2.24, 2.45) is 0 Å². The summed E-state index contributed by atoms with van der Waals surface area (Å²) in [6.07, 6.45) is 0.528. The number of aliphatic hydroxyl groups is 1. The van der Waals surface area contributed by atoms with Crippen molar-refractivity contribution in [1.82, 2.24) is 15.0 Å². The van der Waals surface area contributed by atoms with E-state index in [1.807, 2.05) is 6.92 Å². The van der Waals surface area contributed by atoms with Crippen molar-refractivity contribution in [3.05, 3.63) is 35.5 Å². The Hall–Kier alpha value is -2.28. The largest absolute Gasteiger partial charge is 0.395 e. The van der Waals surface area contributed by atoms with Crippen molar-refractivity contribution in [1.29, 1.82) is 0 Å². The van der Waals surface area contributed by atoms with Gasteiger partial charge in [-0.1, -0.05) is 17.3 Å². The smallest absolute Gasteiger partial charge is 0.227 e. The Morgan fingerprint density at radius 1 is 1.43 bits per heavy atom. The molecule has 0 atom stereocenters. The van der Waals surface area contributed by atoms with Gasteiger partial charge >= 0.3 is 0 Å². The Kier molecular flexibility index (Phi) is 5.81. The number of amides is 1. The third-order valence-electron chi connectivity index (χ3n) is 3.56. The van der Waals surface area contributed by atoms with Crippen molar-refractivity contribution >= 4 is 5.91 Å². The Morgan fingerprint density at radius 3 is 2.87 bits per heavy atom. The van der Waals surface area contributed by atoms with Gasteiger partial charge in [-0.05, 0) is 25.5 Å². The van der Waals surface area contributed by atoms with E-state index in [4.69, 9.17) is 9.63 Å². The number of rotatable bonds is 7. The average Bonchev–Trinajstić information content (AvgIpc) is 3.02. The van der Waals surface area contributed by atoms with Crippen LogP contribution in [0.3, 0.4) is 0 Å². The number of hydrogen-bond donors (Lipinski definition) is 1. The first-order valence-corrected chi connectivity index (χ1v) is 7.53. The molecule has 1 aromatic carbocycles. The molecule has 2 aromatic rings. The Balaban J connectivity index is 1.99. The number of halogens is 1. The van der Waals surface area contributed by atoms with Crippen LogP contribution in [0.2, 0.25) is 0 Å². The molecular formula is C16H20FN3O3. The van der Waals surface area contributed by atoms with Gasteiger partial charge < -0.3 is 14.5 Å². The molecular weight excluding hydrogens is 301 g/mol. The molecule has 0 aliphatic heterocycles. The zero-order chi connectivity index (χ0) is 16.8. The lowest BCUT2D eigenvalue weighted by atomic mass is 10.1. The fourth-order valence-electron chi connectivity index (χ4n) is 2.16. The predicted octanol–water partition coefficient (Wildman–Crippen LogP) is 1.96. The van der Waals surface area contributed by atoms with Crippen LogP contribution in [-0.4, -0.2) is 45.8 Å². The van der Waals surface area contributed by atoms with E-state index in [-0.39, 0.29) is 24.8 Å². The van der Waals surface area contributed by atoms with Crippen LogP contribution in [0.4, 0.5) is 4.39 Å². The van der Waals surface area contributed by atoms with Gasteiger partial charge in [-0.2, -0.15) is 4.98 Å². The van der Waals surface area contributed by atoms with Gasteiger partial charge in [0.05, 0.1) is 6.61 Å². The number of nitrogens with zero attached hydrogens (tertiary/aromatic N) is 3. The molecule has 2 rings (SSSR count). The van der Waals surface area contributed by atoms with Crippen LogP contribution < -0.4 is 0 Å². The molecule has 0 radical (unpaired) electrons. The minimum absolute atomic E-state index is 0.0662. The summed E-state index contributed by atoms with van der Waals surface area (Å²) in [5.74, 6) is 0.220. The summed E-state index contributed by atoms with van der Waals surface area (Å²) in [6.45, 7) is 4.32. The molecule has 0 bridgehead atoms. The number of aryl methyl sites for hydroxylation is 2. The van der Waals surface area contributed by atoms with Gasteiger partial charge in [-0.3, -0.25) is 4.79 Å². The summed E-state index contributed by atoms with van der Waals surface area (Å²) >= 11 is 0. The number of aromatic nitrogens is 2. The lowest BCUT2D eigenvalue weighted by Gasteiger charge is -2.18. The first-order valence-electron chi connectivity index (χ1n) is 7.53. The van der Waals surface area contributed by atoms with Gasteiger partial charge in [0.1, 0.15) is 5.82 Å². The van der Waals surface area contributed by atoms with E-state index in [2.05, 4.69) is 10.1 Å². The van der Waals surface area contributed by atoms with Crippen LogP contribution in [0.15, 0.2) is 22.7 Å². The first kappa shape index (κ1) is 17.1. The molecule has 0 saturated heterocycles.